The van der Waals surface area contributed by atoms with Gasteiger partial charge in [-0.15, -0.1) is 9.24 Å². The summed E-state index contributed by atoms with van der Waals surface area (Å²) in [7, 11) is 6.90. The Morgan fingerprint density at radius 2 is 1.82 bits per heavy atom. The zero-order valence-electron chi connectivity index (χ0n) is 12.8. The van der Waals surface area contributed by atoms with Gasteiger partial charge in [0.1, 0.15) is 5.76 Å². The second kappa shape index (κ2) is 6.68. The third-order valence-corrected chi connectivity index (χ3v) is 2.89. The number of hydrogen-bond acceptors (Lipinski definition) is 2. The van der Waals surface area contributed by atoms with Gasteiger partial charge in [-0.05, 0) is 13.8 Å². The first kappa shape index (κ1) is 16.8. The first-order valence-electron chi connectivity index (χ1n) is 6.49. The molecule has 2 unspecified atom stereocenters. The maximum Gasteiger partial charge on any atom is 0.159 e. The van der Waals surface area contributed by atoms with Crippen molar-refractivity contribution >= 4 is 17.1 Å². The molecule has 0 N–H and O–H groups in total. The van der Waals surface area contributed by atoms with Crippen LogP contribution in [-0.2, 0) is 4.74 Å². The van der Waals surface area contributed by atoms with Crippen LogP contribution in [0.2, 0.25) is 0 Å². The summed E-state index contributed by atoms with van der Waals surface area (Å²) in [5.74, 6) is 1.26. The van der Waals surface area contributed by atoms with Crippen molar-refractivity contribution in [3.8, 4) is 0 Å². The zero-order chi connectivity index (χ0) is 13.8. The van der Waals surface area contributed by atoms with Gasteiger partial charge in [-0.25, -0.2) is 0 Å². The van der Waals surface area contributed by atoms with Crippen LogP contribution in [0, 0.1) is 5.41 Å². The first-order chi connectivity index (χ1) is 7.61. The van der Waals surface area contributed by atoms with E-state index in [0.29, 0.717) is 6.04 Å². The molecule has 0 aliphatic carbocycles. The molecule has 0 aromatic rings. The van der Waals surface area contributed by atoms with Crippen LogP contribution in [0.1, 0.15) is 48.0 Å². The fraction of sp³-hybridized carbons (Fsp3) is 0.846. The molecule has 0 saturated carbocycles. The molecular formula is C13H29BNOP. The van der Waals surface area contributed by atoms with Crippen LogP contribution in [0.4, 0.5) is 0 Å². The quantitative estimate of drug-likeness (QED) is 0.426. The summed E-state index contributed by atoms with van der Waals surface area (Å²) >= 11 is 0. The summed E-state index contributed by atoms with van der Waals surface area (Å²) < 4.78 is 5.96. The van der Waals surface area contributed by atoms with Crippen LogP contribution in [0.3, 0.4) is 0 Å². The summed E-state index contributed by atoms with van der Waals surface area (Å²) in [5.41, 5.74) is 1.41. The fourth-order valence-electron chi connectivity index (χ4n) is 1.93. The molecule has 0 aliphatic rings. The molecule has 0 spiro atoms. The summed E-state index contributed by atoms with van der Waals surface area (Å²) in [6, 6.07) is 0.481. The van der Waals surface area contributed by atoms with Crippen LogP contribution >= 0.6 is 9.24 Å². The molecule has 100 valence electrons. The van der Waals surface area contributed by atoms with Crippen LogP contribution < -0.4 is 0 Å². The minimum atomic E-state index is 0.101. The van der Waals surface area contributed by atoms with Gasteiger partial charge in [-0.3, -0.25) is 0 Å². The second-order valence-electron chi connectivity index (χ2n) is 5.90. The molecule has 0 bridgehead atoms. The van der Waals surface area contributed by atoms with Gasteiger partial charge in [0.15, 0.2) is 7.85 Å². The lowest BCUT2D eigenvalue weighted by atomic mass is 9.89. The molecule has 17 heavy (non-hydrogen) atoms. The van der Waals surface area contributed by atoms with E-state index >= 15 is 0 Å². The Balaban J connectivity index is 5.46. The van der Waals surface area contributed by atoms with Crippen LogP contribution in [0.5, 0.6) is 0 Å². The van der Waals surface area contributed by atoms with Gasteiger partial charge >= 0.3 is 0 Å². The van der Waals surface area contributed by atoms with Crippen molar-refractivity contribution in [2.75, 3.05) is 7.05 Å². The Morgan fingerprint density at radius 1 is 1.35 bits per heavy atom. The lowest BCUT2D eigenvalue weighted by molar-refractivity contribution is 0.181. The molecule has 2 atom stereocenters. The molecule has 4 heteroatoms. The van der Waals surface area contributed by atoms with Crippen molar-refractivity contribution in [3.63, 3.8) is 0 Å². The number of hydrogen-bond donors (Lipinski definition) is 0. The average molecular weight is 257 g/mol. The highest BCUT2D eigenvalue weighted by molar-refractivity contribution is 7.20. The zero-order valence-corrected chi connectivity index (χ0v) is 13.9. The third-order valence-electron chi connectivity index (χ3n) is 2.75. The normalized spacial score (nSPS) is 15.6. The number of nitrogens with zero attached hydrogens (tertiary/aromatic N) is 1. The summed E-state index contributed by atoms with van der Waals surface area (Å²) in [5, 5.41) is 0. The molecular weight excluding hydrogens is 228 g/mol. The monoisotopic (exact) mass is 257 g/mol. The van der Waals surface area contributed by atoms with Gasteiger partial charge in [-0.1, -0.05) is 27.7 Å². The molecule has 0 aliphatic heterocycles. The molecule has 0 radical (unpaired) electrons. The average Bonchev–Trinajstić information content (AvgIpc) is 2.13. The topological polar surface area (TPSA) is 12.5 Å². The van der Waals surface area contributed by atoms with E-state index in [1.807, 2.05) is 0 Å². The van der Waals surface area contributed by atoms with Crippen molar-refractivity contribution in [2.24, 2.45) is 5.41 Å². The van der Waals surface area contributed by atoms with E-state index in [4.69, 9.17) is 4.74 Å². The number of allylic oxidation sites excluding steroid dienone is 2. The predicted molar refractivity (Wildman–Crippen MR) is 82.8 cm³/mol. The summed E-state index contributed by atoms with van der Waals surface area (Å²) in [6.07, 6.45) is 0.933. The Bertz CT molecular complexity index is 269. The van der Waals surface area contributed by atoms with E-state index in [0.717, 1.165) is 12.2 Å². The standard InChI is InChI=1S/C13H29BNOP/c1-8-10(16-12(14)17)11(13(4,5)6)15(7)9(2)3/h9,12H,8,14,17H2,1-7H3/b11-10+. The van der Waals surface area contributed by atoms with Gasteiger partial charge in [0, 0.05) is 24.9 Å². The highest BCUT2D eigenvalue weighted by Crippen LogP contribution is 2.33. The van der Waals surface area contributed by atoms with Crippen molar-refractivity contribution < 1.29 is 4.74 Å². The Hall–Kier alpha value is -0.165. The fourth-order valence-corrected chi connectivity index (χ4v) is 2.10. The minimum absolute atomic E-state index is 0.101. The SMILES string of the molecule is BC(P)O/C(CC)=C(/N(C)C(C)C)C(C)(C)C. The molecule has 0 aromatic carbocycles. The van der Waals surface area contributed by atoms with Gasteiger partial charge in [0.2, 0.25) is 0 Å². The van der Waals surface area contributed by atoms with Gasteiger partial charge in [0.25, 0.3) is 0 Å². The van der Waals surface area contributed by atoms with E-state index in [1.54, 1.807) is 0 Å². The molecule has 0 heterocycles. The Morgan fingerprint density at radius 3 is 2.06 bits per heavy atom. The Labute approximate surface area is 111 Å². The molecule has 0 fully saturated rings. The van der Waals surface area contributed by atoms with Crippen LogP contribution in [0.25, 0.3) is 0 Å². The van der Waals surface area contributed by atoms with Crippen molar-refractivity contribution in [3.05, 3.63) is 11.5 Å². The third kappa shape index (κ3) is 5.34. The van der Waals surface area contributed by atoms with Crippen molar-refractivity contribution in [2.45, 2.75) is 59.7 Å². The van der Waals surface area contributed by atoms with E-state index in [2.05, 4.69) is 70.6 Å². The maximum atomic E-state index is 5.96. The number of ether oxygens (including phenoxy) is 1. The molecule has 0 amide bonds. The van der Waals surface area contributed by atoms with Crippen LogP contribution in [-0.4, -0.2) is 31.6 Å². The van der Waals surface area contributed by atoms with Gasteiger partial charge < -0.3 is 9.64 Å². The van der Waals surface area contributed by atoms with Crippen molar-refractivity contribution in [1.29, 1.82) is 0 Å². The molecule has 2 nitrogen and oxygen atoms in total. The van der Waals surface area contributed by atoms with Crippen LogP contribution in [0.15, 0.2) is 11.5 Å². The van der Waals surface area contributed by atoms with Gasteiger partial charge in [0.05, 0.1) is 11.4 Å². The van der Waals surface area contributed by atoms with E-state index < -0.39 is 0 Å². The predicted octanol–water partition coefficient (Wildman–Crippen LogP) is 2.80. The molecule has 0 rings (SSSR count). The number of rotatable bonds is 5. The lowest BCUT2D eigenvalue weighted by Crippen LogP contribution is -2.34. The minimum Gasteiger partial charge on any atom is -0.499 e. The second-order valence-corrected chi connectivity index (χ2v) is 6.84. The maximum absolute atomic E-state index is 5.96. The lowest BCUT2D eigenvalue weighted by Gasteiger charge is -2.37. The van der Waals surface area contributed by atoms with E-state index in [9.17, 15) is 0 Å². The van der Waals surface area contributed by atoms with Crippen molar-refractivity contribution in [1.82, 2.24) is 4.90 Å². The smallest absolute Gasteiger partial charge is 0.159 e. The largest absolute Gasteiger partial charge is 0.499 e. The first-order valence-corrected chi connectivity index (χ1v) is 7.16. The summed E-state index contributed by atoms with van der Waals surface area (Å²) in [6.45, 7) is 13.3. The van der Waals surface area contributed by atoms with E-state index in [-0.39, 0.29) is 11.2 Å². The molecule has 0 saturated heterocycles. The van der Waals surface area contributed by atoms with Gasteiger partial charge in [-0.2, -0.15) is 0 Å². The highest BCUT2D eigenvalue weighted by Gasteiger charge is 2.27. The Kier molecular flexibility index (Phi) is 6.62. The van der Waals surface area contributed by atoms with E-state index in [1.165, 1.54) is 5.70 Å². The molecule has 0 aromatic heterocycles. The highest BCUT2D eigenvalue weighted by atomic mass is 31.0. The summed E-state index contributed by atoms with van der Waals surface area (Å²) in [4.78, 5) is 2.33.